The monoisotopic (exact) mass is 321 g/mol. The molecule has 0 aromatic carbocycles. The molecule has 0 saturated carbocycles. The molecule has 1 aliphatic rings. The molecule has 1 aromatic heterocycles. The zero-order chi connectivity index (χ0) is 11.7. The van der Waals surface area contributed by atoms with Crippen molar-refractivity contribution >= 4 is 34.2 Å². The fourth-order valence-electron chi connectivity index (χ4n) is 2.02. The Balaban J connectivity index is 0.00000144. The highest BCUT2D eigenvalue weighted by Crippen LogP contribution is 2.16. The van der Waals surface area contributed by atoms with Crippen LogP contribution in [0.4, 0.5) is 0 Å². The van der Waals surface area contributed by atoms with Gasteiger partial charge in [0.25, 0.3) is 5.91 Å². The predicted molar refractivity (Wildman–Crippen MR) is 73.7 cm³/mol. The van der Waals surface area contributed by atoms with Gasteiger partial charge in [-0.05, 0) is 28.9 Å². The van der Waals surface area contributed by atoms with E-state index in [0.717, 1.165) is 29.8 Å². The van der Waals surface area contributed by atoms with Crippen LogP contribution < -0.4 is 5.32 Å². The maximum atomic E-state index is 12.2. The number of piperazine rings is 1. The van der Waals surface area contributed by atoms with Crippen LogP contribution in [-0.4, -0.2) is 41.1 Å². The molecule has 1 fully saturated rings. The number of aromatic nitrogens is 1. The highest BCUT2D eigenvalue weighted by molar-refractivity contribution is 9.10. The van der Waals surface area contributed by atoms with Crippen molar-refractivity contribution in [1.82, 2.24) is 14.8 Å². The zero-order valence-electron chi connectivity index (χ0n) is 9.94. The molecule has 1 saturated heterocycles. The first-order valence-corrected chi connectivity index (χ1v) is 6.22. The SMILES string of the molecule is C[C@H]1CN(C(=O)c2cc(Br)cn2C)CCN1.Cl. The van der Waals surface area contributed by atoms with E-state index in [1.54, 1.807) is 0 Å². The standard InChI is InChI=1S/C11H16BrN3O.ClH/c1-8-6-15(4-3-13-8)11(16)10-5-9(12)7-14(10)2;/h5,7-8,13H,3-4,6H2,1-2H3;1H/t8-;/m0./s1. The molecule has 0 spiro atoms. The minimum Gasteiger partial charge on any atom is -0.345 e. The minimum absolute atomic E-state index is 0. The highest BCUT2D eigenvalue weighted by atomic mass is 79.9. The summed E-state index contributed by atoms with van der Waals surface area (Å²) in [5, 5.41) is 3.33. The summed E-state index contributed by atoms with van der Waals surface area (Å²) in [6, 6.07) is 2.25. The summed E-state index contributed by atoms with van der Waals surface area (Å²) in [5.41, 5.74) is 0.737. The number of carbonyl (C=O) groups is 1. The molecule has 0 bridgehead atoms. The molecule has 96 valence electrons. The lowest BCUT2D eigenvalue weighted by atomic mass is 10.2. The maximum Gasteiger partial charge on any atom is 0.270 e. The topological polar surface area (TPSA) is 37.3 Å². The second kappa shape index (κ2) is 5.89. The van der Waals surface area contributed by atoms with Crippen LogP contribution in [0, 0.1) is 0 Å². The summed E-state index contributed by atoms with van der Waals surface area (Å²) in [7, 11) is 1.89. The Morgan fingerprint density at radius 1 is 1.59 bits per heavy atom. The Bertz CT molecular complexity index is 407. The van der Waals surface area contributed by atoms with E-state index in [4.69, 9.17) is 0 Å². The largest absolute Gasteiger partial charge is 0.345 e. The summed E-state index contributed by atoms with van der Waals surface area (Å²) < 4.78 is 2.81. The fraction of sp³-hybridized carbons (Fsp3) is 0.545. The number of hydrogen-bond donors (Lipinski definition) is 1. The van der Waals surface area contributed by atoms with E-state index in [9.17, 15) is 4.79 Å². The van der Waals surface area contributed by atoms with Gasteiger partial charge in [0.2, 0.25) is 0 Å². The average molecular weight is 323 g/mol. The molecular formula is C11H17BrClN3O. The normalized spacial score (nSPS) is 19.9. The number of nitrogens with one attached hydrogen (secondary N) is 1. The number of amides is 1. The second-order valence-corrected chi connectivity index (χ2v) is 5.18. The molecular weight excluding hydrogens is 305 g/mol. The summed E-state index contributed by atoms with van der Waals surface area (Å²) in [6.07, 6.45) is 1.90. The number of halogens is 2. The van der Waals surface area contributed by atoms with Gasteiger partial charge in [0.15, 0.2) is 0 Å². The molecule has 1 aliphatic heterocycles. The quantitative estimate of drug-likeness (QED) is 0.853. The molecule has 1 N–H and O–H groups in total. The fourth-order valence-corrected chi connectivity index (χ4v) is 2.54. The van der Waals surface area contributed by atoms with Crippen LogP contribution >= 0.6 is 28.3 Å². The molecule has 0 unspecified atom stereocenters. The number of nitrogens with zero attached hydrogens (tertiary/aromatic N) is 2. The second-order valence-electron chi connectivity index (χ2n) is 4.26. The van der Waals surface area contributed by atoms with Crippen LogP contribution in [0.3, 0.4) is 0 Å². The third kappa shape index (κ3) is 3.24. The van der Waals surface area contributed by atoms with E-state index >= 15 is 0 Å². The molecule has 17 heavy (non-hydrogen) atoms. The third-order valence-electron chi connectivity index (χ3n) is 2.85. The molecule has 0 aliphatic carbocycles. The van der Waals surface area contributed by atoms with Gasteiger partial charge in [0.05, 0.1) is 0 Å². The molecule has 2 heterocycles. The Hall–Kier alpha value is -0.520. The van der Waals surface area contributed by atoms with Crippen LogP contribution in [0.1, 0.15) is 17.4 Å². The first-order chi connectivity index (χ1) is 7.58. The first-order valence-electron chi connectivity index (χ1n) is 5.42. The lowest BCUT2D eigenvalue weighted by Gasteiger charge is -2.31. The van der Waals surface area contributed by atoms with E-state index < -0.39 is 0 Å². The van der Waals surface area contributed by atoms with Crippen molar-refractivity contribution in [2.75, 3.05) is 19.6 Å². The van der Waals surface area contributed by atoms with Gasteiger partial charge in [-0.1, -0.05) is 0 Å². The first kappa shape index (κ1) is 14.5. The molecule has 6 heteroatoms. The zero-order valence-corrected chi connectivity index (χ0v) is 12.3. The van der Waals surface area contributed by atoms with Crippen molar-refractivity contribution in [3.8, 4) is 0 Å². The highest BCUT2D eigenvalue weighted by Gasteiger charge is 2.23. The molecule has 0 radical (unpaired) electrons. The van der Waals surface area contributed by atoms with Crippen LogP contribution in [0.25, 0.3) is 0 Å². The summed E-state index contributed by atoms with van der Waals surface area (Å²) in [4.78, 5) is 14.1. The number of aryl methyl sites for hydroxylation is 1. The van der Waals surface area contributed by atoms with Gasteiger partial charge in [-0.25, -0.2) is 0 Å². The lowest BCUT2D eigenvalue weighted by molar-refractivity contribution is 0.0699. The van der Waals surface area contributed by atoms with Gasteiger partial charge in [-0.15, -0.1) is 12.4 Å². The number of hydrogen-bond acceptors (Lipinski definition) is 2. The Morgan fingerprint density at radius 3 is 2.82 bits per heavy atom. The number of rotatable bonds is 1. The Morgan fingerprint density at radius 2 is 2.29 bits per heavy atom. The smallest absolute Gasteiger partial charge is 0.270 e. The van der Waals surface area contributed by atoms with Gasteiger partial charge in [0, 0.05) is 43.4 Å². The van der Waals surface area contributed by atoms with Crippen LogP contribution in [0.5, 0.6) is 0 Å². The van der Waals surface area contributed by atoms with Crippen molar-refractivity contribution in [2.45, 2.75) is 13.0 Å². The van der Waals surface area contributed by atoms with Crippen LogP contribution in [-0.2, 0) is 7.05 Å². The molecule has 1 atom stereocenters. The average Bonchev–Trinajstić information content (AvgIpc) is 2.57. The van der Waals surface area contributed by atoms with Gasteiger partial charge in [-0.3, -0.25) is 4.79 Å². The number of carbonyl (C=O) groups excluding carboxylic acids is 1. The third-order valence-corrected chi connectivity index (χ3v) is 3.28. The summed E-state index contributed by atoms with van der Waals surface area (Å²) in [5.74, 6) is 0.113. The van der Waals surface area contributed by atoms with Gasteiger partial charge >= 0.3 is 0 Å². The van der Waals surface area contributed by atoms with Crippen molar-refractivity contribution in [3.63, 3.8) is 0 Å². The van der Waals surface area contributed by atoms with E-state index in [-0.39, 0.29) is 18.3 Å². The van der Waals surface area contributed by atoms with Crippen molar-refractivity contribution in [2.24, 2.45) is 7.05 Å². The van der Waals surface area contributed by atoms with Crippen molar-refractivity contribution < 1.29 is 4.79 Å². The van der Waals surface area contributed by atoms with E-state index in [1.165, 1.54) is 0 Å². The molecule has 2 rings (SSSR count). The molecule has 1 aromatic rings. The van der Waals surface area contributed by atoms with Gasteiger partial charge in [0.1, 0.15) is 5.69 Å². The molecule has 4 nitrogen and oxygen atoms in total. The minimum atomic E-state index is 0. The predicted octanol–water partition coefficient (Wildman–Crippen LogP) is 1.64. The van der Waals surface area contributed by atoms with Crippen molar-refractivity contribution in [1.29, 1.82) is 0 Å². The summed E-state index contributed by atoms with van der Waals surface area (Å²) in [6.45, 7) is 4.53. The molecule has 1 amide bonds. The van der Waals surface area contributed by atoms with E-state index in [1.807, 2.05) is 28.8 Å². The summed E-state index contributed by atoms with van der Waals surface area (Å²) >= 11 is 3.38. The van der Waals surface area contributed by atoms with Crippen LogP contribution in [0.15, 0.2) is 16.7 Å². The maximum absolute atomic E-state index is 12.2. The lowest BCUT2D eigenvalue weighted by Crippen LogP contribution is -2.51. The van der Waals surface area contributed by atoms with E-state index in [2.05, 4.69) is 28.2 Å². The Kier molecular flexibility index (Phi) is 5.04. The van der Waals surface area contributed by atoms with E-state index in [0.29, 0.717) is 6.04 Å². The van der Waals surface area contributed by atoms with Crippen molar-refractivity contribution in [3.05, 3.63) is 22.4 Å². The van der Waals surface area contributed by atoms with Gasteiger partial charge < -0.3 is 14.8 Å². The Labute approximate surface area is 116 Å². The van der Waals surface area contributed by atoms with Crippen LogP contribution in [0.2, 0.25) is 0 Å². The van der Waals surface area contributed by atoms with Gasteiger partial charge in [-0.2, -0.15) is 0 Å².